The van der Waals surface area contributed by atoms with Gasteiger partial charge in [0.05, 0.1) is 15.9 Å². The fourth-order valence-corrected chi connectivity index (χ4v) is 3.64. The van der Waals surface area contributed by atoms with Gasteiger partial charge in [-0.25, -0.2) is 0 Å². The summed E-state index contributed by atoms with van der Waals surface area (Å²) in [5, 5.41) is 24.8. The summed E-state index contributed by atoms with van der Waals surface area (Å²) in [5.74, 6) is 0. The molecule has 0 amide bonds. The van der Waals surface area contributed by atoms with Crippen LogP contribution in [-0.4, -0.2) is 22.8 Å². The van der Waals surface area contributed by atoms with Crippen molar-refractivity contribution in [2.24, 2.45) is 0 Å². The van der Waals surface area contributed by atoms with Crippen LogP contribution in [0.15, 0.2) is 65.6 Å². The summed E-state index contributed by atoms with van der Waals surface area (Å²) in [6.07, 6.45) is 0. The third-order valence-corrected chi connectivity index (χ3v) is 5.02. The normalized spacial score (nSPS) is 10.7. The number of hydrogen-bond donors (Lipinski definition) is 3. The van der Waals surface area contributed by atoms with Crippen molar-refractivity contribution >= 4 is 38.6 Å². The van der Waals surface area contributed by atoms with Crippen LogP contribution in [0.2, 0.25) is 0 Å². The Bertz CT molecular complexity index is 1270. The third kappa shape index (κ3) is 5.37. The van der Waals surface area contributed by atoms with Crippen molar-refractivity contribution in [1.82, 2.24) is 0 Å². The molecular weight excluding hydrogens is 439 g/mol. The van der Waals surface area contributed by atoms with E-state index >= 15 is 0 Å². The largest absolute Gasteiger partial charge is 1.00 e. The summed E-state index contributed by atoms with van der Waals surface area (Å²) in [5.41, 5.74) is 5.35. The van der Waals surface area contributed by atoms with Crippen LogP contribution in [-0.2, 0) is 10.1 Å². The third-order valence-electron chi connectivity index (χ3n) is 4.14. The van der Waals surface area contributed by atoms with E-state index in [9.17, 15) is 33.2 Å². The van der Waals surface area contributed by atoms with Crippen LogP contribution in [0.3, 0.4) is 0 Å². The molecule has 0 aliphatic heterocycles. The molecule has 0 atom stereocenters. The van der Waals surface area contributed by atoms with Gasteiger partial charge in [0.25, 0.3) is 21.5 Å². The molecule has 0 aliphatic rings. The number of anilines is 3. The van der Waals surface area contributed by atoms with Crippen molar-refractivity contribution in [3.63, 3.8) is 0 Å². The second kappa shape index (κ2) is 9.41. The van der Waals surface area contributed by atoms with Gasteiger partial charge in [-0.1, -0.05) is 30.3 Å². The number of nitrogens with one attached hydrogen (secondary N) is 1. The number of benzene rings is 3. The molecule has 3 rings (SSSR count). The Morgan fingerprint density at radius 3 is 2.13 bits per heavy atom. The van der Waals surface area contributed by atoms with Gasteiger partial charge in [0, 0.05) is 23.0 Å². The predicted molar refractivity (Wildman–Crippen MR) is 109 cm³/mol. The quantitative estimate of drug-likeness (QED) is 0.160. The topological polar surface area (TPSA) is 179 Å². The summed E-state index contributed by atoms with van der Waals surface area (Å²) in [6, 6.07) is 13.6. The molecule has 0 aliphatic carbocycles. The van der Waals surface area contributed by atoms with Crippen molar-refractivity contribution in [3.05, 3.63) is 80.9 Å². The average Bonchev–Trinajstić information content (AvgIpc) is 2.67. The van der Waals surface area contributed by atoms with Crippen molar-refractivity contribution in [1.29, 1.82) is 0 Å². The monoisotopic (exact) mass is 453 g/mol. The molecule has 0 unspecified atom stereocenters. The zero-order valence-electron chi connectivity index (χ0n) is 16.1. The maximum Gasteiger partial charge on any atom is 1.00 e. The fourth-order valence-electron chi connectivity index (χ4n) is 2.87. The zero-order valence-corrected chi connectivity index (χ0v) is 18.9. The maximum atomic E-state index is 12.0. The van der Waals surface area contributed by atoms with E-state index in [1.54, 1.807) is 30.3 Å². The fraction of sp³-hybridized carbons (Fsp3) is 0. The second-order valence-corrected chi connectivity index (χ2v) is 7.51. The molecule has 31 heavy (non-hydrogen) atoms. The Balaban J connectivity index is 0.00000341. The zero-order chi connectivity index (χ0) is 22.1. The van der Waals surface area contributed by atoms with Crippen LogP contribution in [0.1, 0.15) is 0 Å². The van der Waals surface area contributed by atoms with Gasteiger partial charge >= 0.3 is 29.6 Å². The first-order valence-electron chi connectivity index (χ1n) is 8.24. The molecule has 3 aromatic carbocycles. The van der Waals surface area contributed by atoms with E-state index in [2.05, 4.69) is 5.32 Å². The summed E-state index contributed by atoms with van der Waals surface area (Å²) in [6.45, 7) is 0. The molecule has 13 heteroatoms. The molecule has 3 aromatic rings. The Morgan fingerprint density at radius 2 is 1.58 bits per heavy atom. The standard InChI is InChI=1S/C18H14N4O7S.Na/c19-14-8-12(20-15-7-6-13(21(23)24)10-16(15)22(25)26)9-17(30(27,28)29)18(14)11-4-2-1-3-5-11;/h1-10,20H,19H2,(H,27,28,29);/q;+1. The molecule has 11 nitrogen and oxygen atoms in total. The summed E-state index contributed by atoms with van der Waals surface area (Å²) in [7, 11) is -4.71. The van der Waals surface area contributed by atoms with E-state index in [1.807, 2.05) is 0 Å². The van der Waals surface area contributed by atoms with E-state index in [0.717, 1.165) is 24.3 Å². The number of nitrogens with zero attached hydrogens (tertiary/aromatic N) is 2. The first-order valence-corrected chi connectivity index (χ1v) is 9.68. The first kappa shape index (κ1) is 24.2. The number of hydrogen-bond acceptors (Lipinski definition) is 8. The summed E-state index contributed by atoms with van der Waals surface area (Å²) in [4.78, 5) is 20.1. The number of nitrogens with two attached hydrogens (primary N) is 1. The van der Waals surface area contributed by atoms with Gasteiger partial charge in [-0.05, 0) is 23.8 Å². The Kier molecular flexibility index (Phi) is 7.36. The van der Waals surface area contributed by atoms with Crippen molar-refractivity contribution < 1.29 is 52.4 Å². The van der Waals surface area contributed by atoms with Crippen LogP contribution in [0.4, 0.5) is 28.4 Å². The number of nitro benzene ring substituents is 2. The Hall–Kier alpha value is -3.03. The number of rotatable bonds is 6. The SMILES string of the molecule is Nc1cc(Nc2ccc([N+](=O)[O-])cc2[N+](=O)[O-])cc(S(=O)(=O)O)c1-c1ccccc1.[Na+]. The summed E-state index contributed by atoms with van der Waals surface area (Å²) >= 11 is 0. The van der Waals surface area contributed by atoms with Gasteiger partial charge in [0.15, 0.2) is 0 Å². The second-order valence-electron chi connectivity index (χ2n) is 6.12. The van der Waals surface area contributed by atoms with Gasteiger partial charge in [-0.15, -0.1) is 0 Å². The van der Waals surface area contributed by atoms with Crippen LogP contribution < -0.4 is 40.6 Å². The van der Waals surface area contributed by atoms with Crippen LogP contribution in [0.5, 0.6) is 0 Å². The number of nitrogen functional groups attached to an aromatic ring is 1. The van der Waals surface area contributed by atoms with Crippen molar-refractivity contribution in [2.75, 3.05) is 11.1 Å². The molecule has 0 heterocycles. The van der Waals surface area contributed by atoms with Crippen LogP contribution in [0.25, 0.3) is 11.1 Å². The minimum atomic E-state index is -4.71. The Labute approximate surface area is 198 Å². The molecule has 0 saturated carbocycles. The summed E-state index contributed by atoms with van der Waals surface area (Å²) < 4.78 is 33.6. The molecule has 0 radical (unpaired) electrons. The molecule has 0 spiro atoms. The molecule has 0 aromatic heterocycles. The van der Waals surface area contributed by atoms with E-state index < -0.39 is 36.2 Å². The smallest absolute Gasteiger partial charge is 0.398 e. The van der Waals surface area contributed by atoms with E-state index in [4.69, 9.17) is 5.73 Å². The van der Waals surface area contributed by atoms with Gasteiger partial charge in [-0.2, -0.15) is 8.42 Å². The minimum absolute atomic E-state index is 0. The molecule has 0 saturated heterocycles. The number of nitro groups is 2. The molecule has 4 N–H and O–H groups in total. The van der Waals surface area contributed by atoms with E-state index in [0.29, 0.717) is 5.56 Å². The molecular formula is C18H14N4NaO7S+. The van der Waals surface area contributed by atoms with E-state index in [1.165, 1.54) is 6.07 Å². The maximum absolute atomic E-state index is 12.0. The average molecular weight is 453 g/mol. The minimum Gasteiger partial charge on any atom is -0.398 e. The van der Waals surface area contributed by atoms with Gasteiger partial charge in [0.1, 0.15) is 10.6 Å². The molecule has 0 fully saturated rings. The van der Waals surface area contributed by atoms with Crippen molar-refractivity contribution in [2.45, 2.75) is 4.90 Å². The number of non-ortho nitro benzene ring substituents is 1. The van der Waals surface area contributed by atoms with Crippen molar-refractivity contribution in [3.8, 4) is 11.1 Å². The van der Waals surface area contributed by atoms with Crippen LogP contribution >= 0.6 is 0 Å². The predicted octanol–water partition coefficient (Wildman–Crippen LogP) is 0.746. The molecule has 0 bridgehead atoms. The van der Waals surface area contributed by atoms with Crippen LogP contribution in [0, 0.1) is 20.2 Å². The Morgan fingerprint density at radius 1 is 0.935 bits per heavy atom. The van der Waals surface area contributed by atoms with Gasteiger partial charge in [0.2, 0.25) is 0 Å². The van der Waals surface area contributed by atoms with E-state index in [-0.39, 0.29) is 52.2 Å². The molecule has 154 valence electrons. The first-order chi connectivity index (χ1) is 14.1. The van der Waals surface area contributed by atoms with Gasteiger partial charge in [-0.3, -0.25) is 24.8 Å². The van der Waals surface area contributed by atoms with Gasteiger partial charge < -0.3 is 11.1 Å².